The van der Waals surface area contributed by atoms with E-state index in [0.717, 1.165) is 5.56 Å². The molecule has 0 aromatic heterocycles. The molecule has 0 radical (unpaired) electrons. The number of amides is 3. The third kappa shape index (κ3) is 6.70. The van der Waals surface area contributed by atoms with Crippen molar-refractivity contribution in [1.29, 1.82) is 0 Å². The normalized spacial score (nSPS) is 19.8. The first-order valence-electron chi connectivity index (χ1n) is 11.6. The molecule has 35 heavy (non-hydrogen) atoms. The highest BCUT2D eigenvalue weighted by Crippen LogP contribution is 2.33. The van der Waals surface area contributed by atoms with Crippen LogP contribution in [-0.4, -0.2) is 70.1 Å². The van der Waals surface area contributed by atoms with Gasteiger partial charge < -0.3 is 15.0 Å². The number of esters is 1. The molecule has 1 atom stereocenters. The molecule has 2 aliphatic heterocycles. The van der Waals surface area contributed by atoms with Crippen LogP contribution in [0.25, 0.3) is 6.08 Å². The molecule has 8 nitrogen and oxygen atoms in total. The molecule has 10 heteroatoms. The predicted octanol–water partition coefficient (Wildman–Crippen LogP) is 2.86. The number of piperazine rings is 1. The van der Waals surface area contributed by atoms with E-state index in [1.165, 1.54) is 27.1 Å². The van der Waals surface area contributed by atoms with Gasteiger partial charge in [-0.3, -0.25) is 24.1 Å². The van der Waals surface area contributed by atoms with Crippen molar-refractivity contribution >= 4 is 58.1 Å². The van der Waals surface area contributed by atoms with Crippen molar-refractivity contribution in [3.63, 3.8) is 0 Å². The molecule has 188 valence electrons. The second kappa shape index (κ2) is 11.3. The molecule has 0 bridgehead atoms. The summed E-state index contributed by atoms with van der Waals surface area (Å²) >= 11 is 6.60. The summed E-state index contributed by atoms with van der Waals surface area (Å²) in [4.78, 5) is 53.4. The number of carbonyl (C=O) groups excluding carboxylic acids is 4. The molecule has 1 aromatic carbocycles. The van der Waals surface area contributed by atoms with Crippen LogP contribution in [0.1, 0.15) is 51.7 Å². The fourth-order valence-electron chi connectivity index (χ4n) is 3.87. The van der Waals surface area contributed by atoms with Gasteiger partial charge in [0.1, 0.15) is 10.4 Å². The Hall–Kier alpha value is -2.72. The minimum absolute atomic E-state index is 0.00734. The van der Waals surface area contributed by atoms with E-state index in [0.29, 0.717) is 15.8 Å². The summed E-state index contributed by atoms with van der Waals surface area (Å²) in [7, 11) is 0. The molecule has 1 N–H and O–H groups in total. The van der Waals surface area contributed by atoms with Gasteiger partial charge in [-0.25, -0.2) is 0 Å². The zero-order chi connectivity index (χ0) is 25.8. The molecule has 2 heterocycles. The van der Waals surface area contributed by atoms with Crippen molar-refractivity contribution in [2.75, 3.05) is 26.2 Å². The van der Waals surface area contributed by atoms with Gasteiger partial charge in [0, 0.05) is 26.1 Å². The van der Waals surface area contributed by atoms with Gasteiger partial charge in [-0.1, -0.05) is 69.0 Å². The molecule has 0 saturated carbocycles. The van der Waals surface area contributed by atoms with Crippen LogP contribution in [0, 0.1) is 0 Å². The number of hydrogen-bond acceptors (Lipinski definition) is 7. The van der Waals surface area contributed by atoms with Gasteiger partial charge in [0.15, 0.2) is 0 Å². The number of rotatable bonds is 7. The van der Waals surface area contributed by atoms with Crippen molar-refractivity contribution in [1.82, 2.24) is 15.1 Å². The van der Waals surface area contributed by atoms with E-state index in [-0.39, 0.29) is 55.7 Å². The highest BCUT2D eigenvalue weighted by atomic mass is 32.2. The second-order valence-electron chi connectivity index (χ2n) is 9.36. The summed E-state index contributed by atoms with van der Waals surface area (Å²) in [6, 6.07) is 7.13. The van der Waals surface area contributed by atoms with Crippen molar-refractivity contribution in [2.24, 2.45) is 0 Å². The topological polar surface area (TPSA) is 96.0 Å². The average molecular weight is 518 g/mol. The summed E-state index contributed by atoms with van der Waals surface area (Å²) in [6.07, 6.45) is 1.59. The third-order valence-electron chi connectivity index (χ3n) is 5.81. The monoisotopic (exact) mass is 517 g/mol. The molecule has 2 aliphatic rings. The molecule has 0 aliphatic carbocycles. The maximum absolute atomic E-state index is 13.0. The maximum atomic E-state index is 13.0. The van der Waals surface area contributed by atoms with Crippen molar-refractivity contribution in [2.45, 2.75) is 52.0 Å². The number of benzene rings is 1. The molecular formula is C25H31N3O5S2. The summed E-state index contributed by atoms with van der Waals surface area (Å²) in [5.74, 6) is -1.48. The Kier molecular flexibility index (Phi) is 8.71. The molecule has 3 amide bonds. The molecule has 2 saturated heterocycles. The van der Waals surface area contributed by atoms with Crippen LogP contribution in [0.15, 0.2) is 29.2 Å². The van der Waals surface area contributed by atoms with Gasteiger partial charge in [-0.05, 0) is 29.5 Å². The Morgan fingerprint density at radius 1 is 1.23 bits per heavy atom. The Balaban J connectivity index is 1.64. The zero-order valence-corrected chi connectivity index (χ0v) is 22.1. The fourth-order valence-corrected chi connectivity index (χ4v) is 5.18. The lowest BCUT2D eigenvalue weighted by Crippen LogP contribution is -2.58. The minimum atomic E-state index is -0.919. The highest BCUT2D eigenvalue weighted by molar-refractivity contribution is 8.26. The number of nitrogens with zero attached hydrogens (tertiary/aromatic N) is 2. The largest absolute Gasteiger partial charge is 0.466 e. The minimum Gasteiger partial charge on any atom is -0.466 e. The van der Waals surface area contributed by atoms with Crippen LogP contribution in [-0.2, 0) is 29.3 Å². The maximum Gasteiger partial charge on any atom is 0.308 e. The van der Waals surface area contributed by atoms with Gasteiger partial charge >= 0.3 is 5.97 Å². The van der Waals surface area contributed by atoms with E-state index < -0.39 is 12.0 Å². The van der Waals surface area contributed by atoms with E-state index in [9.17, 15) is 19.2 Å². The van der Waals surface area contributed by atoms with Gasteiger partial charge in [0.05, 0.1) is 17.9 Å². The standard InChI is InChI=1S/C25H31N3O5S2/c1-5-33-21(30)15-18-22(31)26-11-13-27(18)20(29)10-12-28-23(32)19(35-24(28)34)14-16-6-8-17(9-7-16)25(2,3)4/h6-9,14,18H,5,10-13,15H2,1-4H3,(H,26,31)/b19-14-. The molecule has 3 rings (SSSR count). The summed E-state index contributed by atoms with van der Waals surface area (Å²) in [5.41, 5.74) is 2.14. The highest BCUT2D eigenvalue weighted by Gasteiger charge is 2.37. The molecular weight excluding hydrogens is 486 g/mol. The third-order valence-corrected chi connectivity index (χ3v) is 7.19. The van der Waals surface area contributed by atoms with Crippen LogP contribution < -0.4 is 5.32 Å². The Morgan fingerprint density at radius 2 is 1.91 bits per heavy atom. The summed E-state index contributed by atoms with van der Waals surface area (Å²) < 4.78 is 5.33. The summed E-state index contributed by atoms with van der Waals surface area (Å²) in [6.45, 7) is 9.01. The van der Waals surface area contributed by atoms with Crippen LogP contribution in [0.4, 0.5) is 0 Å². The van der Waals surface area contributed by atoms with Crippen molar-refractivity contribution in [3.8, 4) is 0 Å². The van der Waals surface area contributed by atoms with E-state index in [1.807, 2.05) is 24.3 Å². The number of ether oxygens (including phenoxy) is 1. The van der Waals surface area contributed by atoms with Gasteiger partial charge in [-0.2, -0.15) is 0 Å². The number of nitrogens with one attached hydrogen (secondary N) is 1. The number of thiocarbonyl (C=S) groups is 1. The first kappa shape index (κ1) is 26.9. The lowest BCUT2D eigenvalue weighted by molar-refractivity contribution is -0.151. The smallest absolute Gasteiger partial charge is 0.308 e. The first-order chi connectivity index (χ1) is 16.5. The predicted molar refractivity (Wildman–Crippen MR) is 139 cm³/mol. The van der Waals surface area contributed by atoms with E-state index >= 15 is 0 Å². The Labute approximate surface area is 215 Å². The van der Waals surface area contributed by atoms with Crippen LogP contribution in [0.5, 0.6) is 0 Å². The Bertz CT molecular complexity index is 1050. The molecule has 1 aromatic rings. The SMILES string of the molecule is CCOC(=O)CC1C(=O)NCCN1C(=O)CCN1C(=O)/C(=C/c2ccc(C(C)(C)C)cc2)SC1=S. The summed E-state index contributed by atoms with van der Waals surface area (Å²) in [5, 5.41) is 2.68. The van der Waals surface area contributed by atoms with E-state index in [2.05, 4.69) is 26.1 Å². The van der Waals surface area contributed by atoms with Crippen LogP contribution in [0.2, 0.25) is 0 Å². The van der Waals surface area contributed by atoms with Crippen molar-refractivity contribution in [3.05, 3.63) is 40.3 Å². The first-order valence-corrected chi connectivity index (χ1v) is 12.8. The Morgan fingerprint density at radius 3 is 2.54 bits per heavy atom. The quantitative estimate of drug-likeness (QED) is 0.338. The van der Waals surface area contributed by atoms with E-state index in [4.69, 9.17) is 17.0 Å². The lowest BCUT2D eigenvalue weighted by atomic mass is 9.87. The van der Waals surface area contributed by atoms with Gasteiger partial charge in [-0.15, -0.1) is 0 Å². The molecule has 2 fully saturated rings. The number of hydrogen-bond donors (Lipinski definition) is 1. The molecule has 0 spiro atoms. The van der Waals surface area contributed by atoms with Gasteiger partial charge in [0.2, 0.25) is 11.8 Å². The van der Waals surface area contributed by atoms with Crippen LogP contribution in [0.3, 0.4) is 0 Å². The molecule has 1 unspecified atom stereocenters. The van der Waals surface area contributed by atoms with Crippen molar-refractivity contribution < 1.29 is 23.9 Å². The van der Waals surface area contributed by atoms with Crippen LogP contribution >= 0.6 is 24.0 Å². The second-order valence-corrected chi connectivity index (χ2v) is 11.0. The van der Waals surface area contributed by atoms with Gasteiger partial charge in [0.25, 0.3) is 5.91 Å². The van der Waals surface area contributed by atoms with E-state index in [1.54, 1.807) is 13.0 Å². The average Bonchev–Trinajstić information content (AvgIpc) is 3.05. The number of thioether (sulfide) groups is 1. The number of carbonyl (C=O) groups is 4. The zero-order valence-electron chi connectivity index (χ0n) is 20.5. The lowest BCUT2D eigenvalue weighted by Gasteiger charge is -2.34. The fraction of sp³-hybridized carbons (Fsp3) is 0.480.